The maximum Gasteiger partial charge on any atom is 0.146 e. The zero-order chi connectivity index (χ0) is 10.7. The fraction of sp³-hybridized carbons (Fsp3) is 0.583. The van der Waals surface area contributed by atoms with Gasteiger partial charge in [0.15, 0.2) is 0 Å². The van der Waals surface area contributed by atoms with Gasteiger partial charge in [-0.3, -0.25) is 4.98 Å². The summed E-state index contributed by atoms with van der Waals surface area (Å²) in [7, 11) is 0. The molecule has 1 aliphatic rings. The number of aromatic nitrogens is 1. The molecule has 1 fully saturated rings. The number of hydrogen-bond acceptors (Lipinski definition) is 2. The summed E-state index contributed by atoms with van der Waals surface area (Å²) in [6.07, 6.45) is 6.47. The van der Waals surface area contributed by atoms with E-state index in [-0.39, 0.29) is 11.9 Å². The van der Waals surface area contributed by atoms with Crippen LogP contribution in [-0.2, 0) is 0 Å². The highest BCUT2D eigenvalue weighted by atomic mass is 19.1. The molecule has 15 heavy (non-hydrogen) atoms. The van der Waals surface area contributed by atoms with E-state index >= 15 is 0 Å². The quantitative estimate of drug-likeness (QED) is 0.804. The van der Waals surface area contributed by atoms with Crippen LogP contribution in [0.5, 0.6) is 0 Å². The molecule has 1 saturated carbocycles. The Balaban J connectivity index is 2.13. The van der Waals surface area contributed by atoms with Crippen LogP contribution in [0.15, 0.2) is 18.5 Å². The first-order chi connectivity index (χ1) is 7.33. The average Bonchev–Trinajstić information content (AvgIpc) is 3.05. The molecule has 1 aromatic heterocycles. The van der Waals surface area contributed by atoms with Crippen LogP contribution in [0, 0.1) is 11.7 Å². The predicted octanol–water partition coefficient (Wildman–Crippen LogP) is 2.67. The van der Waals surface area contributed by atoms with E-state index in [2.05, 4.69) is 17.2 Å². The van der Waals surface area contributed by atoms with Crippen LogP contribution in [-0.4, -0.2) is 11.5 Å². The summed E-state index contributed by atoms with van der Waals surface area (Å²) in [5, 5.41) is 3.42. The van der Waals surface area contributed by atoms with Gasteiger partial charge in [0.1, 0.15) is 5.82 Å². The zero-order valence-electron chi connectivity index (χ0n) is 9.04. The Morgan fingerprint density at radius 1 is 1.60 bits per heavy atom. The summed E-state index contributed by atoms with van der Waals surface area (Å²) in [5.41, 5.74) is 0.779. The molecule has 82 valence electrons. The topological polar surface area (TPSA) is 24.9 Å². The van der Waals surface area contributed by atoms with E-state index in [9.17, 15) is 4.39 Å². The summed E-state index contributed by atoms with van der Waals surface area (Å²) in [6, 6.07) is 1.98. The third-order valence-electron chi connectivity index (χ3n) is 2.85. The number of rotatable bonds is 5. The molecular formula is C12H17FN2. The smallest absolute Gasteiger partial charge is 0.146 e. The molecule has 0 amide bonds. The lowest BCUT2D eigenvalue weighted by Gasteiger charge is -2.18. The van der Waals surface area contributed by atoms with Crippen molar-refractivity contribution in [2.24, 2.45) is 5.92 Å². The van der Waals surface area contributed by atoms with Gasteiger partial charge >= 0.3 is 0 Å². The van der Waals surface area contributed by atoms with Gasteiger partial charge in [-0.2, -0.15) is 0 Å². The summed E-state index contributed by atoms with van der Waals surface area (Å²) in [5.74, 6) is 0.437. The lowest BCUT2D eigenvalue weighted by molar-refractivity contribution is 0.456. The lowest BCUT2D eigenvalue weighted by atomic mass is 10.0. The van der Waals surface area contributed by atoms with Gasteiger partial charge in [0.2, 0.25) is 0 Å². The summed E-state index contributed by atoms with van der Waals surface area (Å²) < 4.78 is 13.6. The van der Waals surface area contributed by atoms with Crippen molar-refractivity contribution >= 4 is 0 Å². The van der Waals surface area contributed by atoms with E-state index in [4.69, 9.17) is 0 Å². The predicted molar refractivity (Wildman–Crippen MR) is 58.0 cm³/mol. The number of halogens is 1. The van der Waals surface area contributed by atoms with E-state index in [0.29, 0.717) is 5.92 Å². The standard InChI is InChI=1S/C12H17FN2/c1-2-6-15-12(9-3-4-9)10-5-7-14-8-11(10)13/h5,7-9,12,15H,2-4,6H2,1H3. The van der Waals surface area contributed by atoms with E-state index in [1.165, 1.54) is 19.0 Å². The minimum absolute atomic E-state index is 0.182. The summed E-state index contributed by atoms with van der Waals surface area (Å²) in [4.78, 5) is 3.78. The maximum absolute atomic E-state index is 13.6. The molecular weight excluding hydrogens is 191 g/mol. The van der Waals surface area contributed by atoms with Crippen molar-refractivity contribution in [3.8, 4) is 0 Å². The highest BCUT2D eigenvalue weighted by Gasteiger charge is 2.33. The van der Waals surface area contributed by atoms with Crippen molar-refractivity contribution in [3.05, 3.63) is 29.8 Å². The first-order valence-corrected chi connectivity index (χ1v) is 5.65. The van der Waals surface area contributed by atoms with E-state index < -0.39 is 0 Å². The van der Waals surface area contributed by atoms with Gasteiger partial charge in [-0.15, -0.1) is 0 Å². The Kier molecular flexibility index (Phi) is 3.31. The Hall–Kier alpha value is -0.960. The Labute approximate surface area is 89.9 Å². The minimum atomic E-state index is -0.182. The normalized spacial score (nSPS) is 17.7. The van der Waals surface area contributed by atoms with Crippen LogP contribution in [0.1, 0.15) is 37.8 Å². The average molecular weight is 208 g/mol. The van der Waals surface area contributed by atoms with Gasteiger partial charge < -0.3 is 5.32 Å². The fourth-order valence-corrected chi connectivity index (χ4v) is 1.90. The van der Waals surface area contributed by atoms with Gasteiger partial charge in [0.25, 0.3) is 0 Å². The third-order valence-corrected chi connectivity index (χ3v) is 2.85. The molecule has 0 bridgehead atoms. The van der Waals surface area contributed by atoms with Crippen LogP contribution < -0.4 is 5.32 Å². The monoisotopic (exact) mass is 208 g/mol. The molecule has 1 N–H and O–H groups in total. The SMILES string of the molecule is CCCNC(c1ccncc1F)C1CC1. The van der Waals surface area contributed by atoms with Gasteiger partial charge in [0, 0.05) is 17.8 Å². The second-order valence-corrected chi connectivity index (χ2v) is 4.17. The second kappa shape index (κ2) is 4.71. The molecule has 1 unspecified atom stereocenters. The van der Waals surface area contributed by atoms with Crippen LogP contribution in [0.3, 0.4) is 0 Å². The molecule has 1 aliphatic carbocycles. The molecule has 0 aliphatic heterocycles. The molecule has 0 spiro atoms. The molecule has 2 nitrogen and oxygen atoms in total. The highest BCUT2D eigenvalue weighted by Crippen LogP contribution is 2.41. The number of hydrogen-bond donors (Lipinski definition) is 1. The van der Waals surface area contributed by atoms with Gasteiger partial charge in [-0.25, -0.2) is 4.39 Å². The Bertz CT molecular complexity index is 323. The van der Waals surface area contributed by atoms with Crippen molar-refractivity contribution in [3.63, 3.8) is 0 Å². The molecule has 1 atom stereocenters. The number of pyridine rings is 1. The molecule has 0 saturated heterocycles. The summed E-state index contributed by atoms with van der Waals surface area (Å²) in [6.45, 7) is 3.07. The van der Waals surface area contributed by atoms with Crippen LogP contribution in [0.25, 0.3) is 0 Å². The Morgan fingerprint density at radius 3 is 3.00 bits per heavy atom. The van der Waals surface area contributed by atoms with Gasteiger partial charge in [-0.1, -0.05) is 6.92 Å². The van der Waals surface area contributed by atoms with Crippen molar-refractivity contribution in [2.75, 3.05) is 6.54 Å². The summed E-state index contributed by atoms with van der Waals surface area (Å²) >= 11 is 0. The van der Waals surface area contributed by atoms with Crippen molar-refractivity contribution in [1.29, 1.82) is 0 Å². The second-order valence-electron chi connectivity index (χ2n) is 4.17. The van der Waals surface area contributed by atoms with Crippen LogP contribution in [0.4, 0.5) is 4.39 Å². The first-order valence-electron chi connectivity index (χ1n) is 5.65. The van der Waals surface area contributed by atoms with E-state index in [1.54, 1.807) is 12.3 Å². The van der Waals surface area contributed by atoms with Crippen LogP contribution >= 0.6 is 0 Å². The molecule has 2 rings (SSSR count). The largest absolute Gasteiger partial charge is 0.310 e. The fourth-order valence-electron chi connectivity index (χ4n) is 1.90. The lowest BCUT2D eigenvalue weighted by Crippen LogP contribution is -2.24. The third kappa shape index (κ3) is 2.53. The zero-order valence-corrected chi connectivity index (χ0v) is 9.04. The Morgan fingerprint density at radius 2 is 2.40 bits per heavy atom. The highest BCUT2D eigenvalue weighted by molar-refractivity contribution is 5.19. The van der Waals surface area contributed by atoms with Crippen LogP contribution in [0.2, 0.25) is 0 Å². The number of nitrogens with one attached hydrogen (secondary N) is 1. The molecule has 0 radical (unpaired) electrons. The van der Waals surface area contributed by atoms with Crippen molar-refractivity contribution < 1.29 is 4.39 Å². The van der Waals surface area contributed by atoms with E-state index in [0.717, 1.165) is 18.5 Å². The van der Waals surface area contributed by atoms with E-state index in [1.807, 2.05) is 0 Å². The van der Waals surface area contributed by atoms with Crippen molar-refractivity contribution in [2.45, 2.75) is 32.2 Å². The minimum Gasteiger partial charge on any atom is -0.310 e. The van der Waals surface area contributed by atoms with Gasteiger partial charge in [-0.05, 0) is 37.8 Å². The maximum atomic E-state index is 13.6. The molecule has 1 heterocycles. The molecule has 3 heteroatoms. The number of nitrogens with zero attached hydrogens (tertiary/aromatic N) is 1. The molecule has 1 aromatic rings. The first kappa shape index (κ1) is 10.6. The van der Waals surface area contributed by atoms with Gasteiger partial charge in [0.05, 0.1) is 6.20 Å². The molecule has 0 aromatic carbocycles. The van der Waals surface area contributed by atoms with Crippen molar-refractivity contribution in [1.82, 2.24) is 10.3 Å².